The molecule has 1 saturated heterocycles. The summed E-state index contributed by atoms with van der Waals surface area (Å²) in [4.78, 5) is 2.43. The van der Waals surface area contributed by atoms with Crippen LogP contribution in [0.3, 0.4) is 0 Å². The normalized spacial score (nSPS) is 24.2. The van der Waals surface area contributed by atoms with Crippen LogP contribution in [0.2, 0.25) is 0 Å². The lowest BCUT2D eigenvalue weighted by Crippen LogP contribution is -2.45. The molecule has 0 saturated carbocycles. The Balaban J connectivity index is 2.36. The van der Waals surface area contributed by atoms with Crippen LogP contribution in [0.25, 0.3) is 0 Å². The van der Waals surface area contributed by atoms with E-state index in [1.54, 1.807) is 14.2 Å². The minimum Gasteiger partial charge on any atom is -0.497 e. The van der Waals surface area contributed by atoms with Crippen molar-refractivity contribution < 1.29 is 9.47 Å². The van der Waals surface area contributed by atoms with Crippen LogP contribution >= 0.6 is 0 Å². The van der Waals surface area contributed by atoms with E-state index in [9.17, 15) is 0 Å². The number of nitrogens with zero attached hydrogens (tertiary/aromatic N) is 1. The third-order valence-electron chi connectivity index (χ3n) is 3.90. The van der Waals surface area contributed by atoms with E-state index in [4.69, 9.17) is 15.2 Å². The van der Waals surface area contributed by atoms with E-state index >= 15 is 0 Å². The first-order valence-electron chi connectivity index (χ1n) is 6.92. The van der Waals surface area contributed by atoms with Crippen molar-refractivity contribution in [1.82, 2.24) is 4.90 Å². The average molecular weight is 264 g/mol. The number of methoxy groups -OCH3 is 2. The van der Waals surface area contributed by atoms with Gasteiger partial charge >= 0.3 is 0 Å². The van der Waals surface area contributed by atoms with Gasteiger partial charge in [-0.15, -0.1) is 0 Å². The standard InChI is InChI=1S/C15H24N2O2/c1-4-17-7-5-6-14(16)15(17)11-8-12(18-2)10-13(9-11)19-3/h8-10,14-15H,4-7,16H2,1-3H3. The molecule has 106 valence electrons. The fourth-order valence-electron chi connectivity index (χ4n) is 2.91. The smallest absolute Gasteiger partial charge is 0.122 e. The predicted octanol–water partition coefficient (Wildman–Crippen LogP) is 2.19. The summed E-state index contributed by atoms with van der Waals surface area (Å²) in [6, 6.07) is 6.46. The number of likely N-dealkylation sites (N-methyl/N-ethyl adjacent to an activating group) is 1. The maximum Gasteiger partial charge on any atom is 0.122 e. The first-order chi connectivity index (χ1) is 9.19. The van der Waals surface area contributed by atoms with Gasteiger partial charge in [0.1, 0.15) is 11.5 Å². The Morgan fingerprint density at radius 2 is 1.84 bits per heavy atom. The molecule has 2 N–H and O–H groups in total. The SMILES string of the molecule is CCN1CCCC(N)C1c1cc(OC)cc(OC)c1. The van der Waals surface area contributed by atoms with E-state index in [-0.39, 0.29) is 12.1 Å². The maximum atomic E-state index is 6.34. The fourth-order valence-corrected chi connectivity index (χ4v) is 2.91. The maximum absolute atomic E-state index is 6.34. The molecule has 2 unspecified atom stereocenters. The molecule has 2 atom stereocenters. The minimum atomic E-state index is 0.172. The largest absolute Gasteiger partial charge is 0.497 e. The van der Waals surface area contributed by atoms with Gasteiger partial charge in [0.05, 0.1) is 20.3 Å². The third kappa shape index (κ3) is 3.01. The molecule has 0 spiro atoms. The monoisotopic (exact) mass is 264 g/mol. The molecular formula is C15H24N2O2. The second-order valence-electron chi connectivity index (χ2n) is 5.03. The molecule has 19 heavy (non-hydrogen) atoms. The zero-order valence-corrected chi connectivity index (χ0v) is 12.1. The van der Waals surface area contributed by atoms with Crippen molar-refractivity contribution in [2.24, 2.45) is 5.73 Å². The lowest BCUT2D eigenvalue weighted by molar-refractivity contribution is 0.135. The summed E-state index contributed by atoms with van der Waals surface area (Å²) < 4.78 is 10.7. The van der Waals surface area contributed by atoms with Gasteiger partial charge in [0.15, 0.2) is 0 Å². The van der Waals surface area contributed by atoms with Crippen LogP contribution < -0.4 is 15.2 Å². The Labute approximate surface area is 115 Å². The molecule has 2 rings (SSSR count). The molecule has 0 aliphatic carbocycles. The molecular weight excluding hydrogens is 240 g/mol. The van der Waals surface area contributed by atoms with E-state index < -0.39 is 0 Å². The van der Waals surface area contributed by atoms with Gasteiger partial charge in [-0.1, -0.05) is 6.92 Å². The molecule has 4 nitrogen and oxygen atoms in total. The quantitative estimate of drug-likeness (QED) is 0.905. The summed E-state index contributed by atoms with van der Waals surface area (Å²) in [5, 5.41) is 0. The lowest BCUT2D eigenvalue weighted by Gasteiger charge is -2.39. The first-order valence-corrected chi connectivity index (χ1v) is 6.92. The molecule has 1 aliphatic rings. The van der Waals surface area contributed by atoms with E-state index in [0.29, 0.717) is 0 Å². The number of likely N-dealkylation sites (tertiary alicyclic amines) is 1. The van der Waals surface area contributed by atoms with Crippen molar-refractivity contribution in [3.63, 3.8) is 0 Å². The van der Waals surface area contributed by atoms with E-state index in [0.717, 1.165) is 31.0 Å². The van der Waals surface area contributed by atoms with Crippen LogP contribution in [0.5, 0.6) is 11.5 Å². The summed E-state index contributed by atoms with van der Waals surface area (Å²) in [6.07, 6.45) is 2.24. The number of benzene rings is 1. The van der Waals surface area contributed by atoms with Gasteiger partial charge in [-0.25, -0.2) is 0 Å². The Morgan fingerprint density at radius 3 is 2.37 bits per heavy atom. The molecule has 1 aliphatic heterocycles. The van der Waals surface area contributed by atoms with Crippen LogP contribution in [0.4, 0.5) is 0 Å². The Bertz CT molecular complexity index is 400. The Kier molecular flexibility index (Phi) is 4.66. The molecule has 1 fully saturated rings. The van der Waals surface area contributed by atoms with Crippen LogP contribution in [0, 0.1) is 0 Å². The summed E-state index contributed by atoms with van der Waals surface area (Å²) in [7, 11) is 3.36. The average Bonchev–Trinajstić information content (AvgIpc) is 2.46. The highest BCUT2D eigenvalue weighted by Crippen LogP contribution is 2.34. The second kappa shape index (κ2) is 6.26. The predicted molar refractivity (Wildman–Crippen MR) is 76.7 cm³/mol. The van der Waals surface area contributed by atoms with E-state index in [1.807, 2.05) is 6.07 Å². The molecule has 0 amide bonds. The van der Waals surface area contributed by atoms with Crippen molar-refractivity contribution >= 4 is 0 Å². The van der Waals surface area contributed by atoms with Crippen LogP contribution in [-0.4, -0.2) is 38.3 Å². The van der Waals surface area contributed by atoms with Gasteiger partial charge in [-0.2, -0.15) is 0 Å². The highest BCUT2D eigenvalue weighted by molar-refractivity contribution is 5.40. The summed E-state index contributed by atoms with van der Waals surface area (Å²) in [5.74, 6) is 1.64. The third-order valence-corrected chi connectivity index (χ3v) is 3.90. The van der Waals surface area contributed by atoms with E-state index in [1.165, 1.54) is 12.0 Å². The molecule has 4 heteroatoms. The van der Waals surface area contributed by atoms with Crippen molar-refractivity contribution in [2.45, 2.75) is 31.8 Å². The summed E-state index contributed by atoms with van der Waals surface area (Å²) in [6.45, 7) is 4.30. The number of ether oxygens (including phenoxy) is 2. The van der Waals surface area contributed by atoms with Gasteiger partial charge in [0.25, 0.3) is 0 Å². The Morgan fingerprint density at radius 1 is 1.21 bits per heavy atom. The van der Waals surface area contributed by atoms with Gasteiger partial charge in [-0.05, 0) is 43.6 Å². The Hall–Kier alpha value is -1.26. The van der Waals surface area contributed by atoms with E-state index in [2.05, 4.69) is 24.0 Å². The minimum absolute atomic E-state index is 0.172. The zero-order valence-electron chi connectivity index (χ0n) is 12.1. The zero-order chi connectivity index (χ0) is 13.8. The number of nitrogens with two attached hydrogens (primary N) is 1. The molecule has 1 aromatic carbocycles. The topological polar surface area (TPSA) is 47.7 Å². The molecule has 1 heterocycles. The summed E-state index contributed by atoms with van der Waals surface area (Å²) >= 11 is 0. The van der Waals surface area contributed by atoms with Crippen molar-refractivity contribution in [1.29, 1.82) is 0 Å². The number of hydrogen-bond acceptors (Lipinski definition) is 4. The fraction of sp³-hybridized carbons (Fsp3) is 0.600. The van der Waals surface area contributed by atoms with Crippen molar-refractivity contribution in [3.05, 3.63) is 23.8 Å². The molecule has 0 aromatic heterocycles. The van der Waals surface area contributed by atoms with Crippen LogP contribution in [0.1, 0.15) is 31.4 Å². The number of hydrogen-bond donors (Lipinski definition) is 1. The summed E-state index contributed by atoms with van der Waals surface area (Å²) in [5.41, 5.74) is 7.52. The van der Waals surface area contributed by atoms with Gasteiger partial charge in [-0.3, -0.25) is 4.90 Å². The highest BCUT2D eigenvalue weighted by atomic mass is 16.5. The highest BCUT2D eigenvalue weighted by Gasteiger charge is 2.29. The van der Waals surface area contributed by atoms with Gasteiger partial charge in [0, 0.05) is 12.1 Å². The lowest BCUT2D eigenvalue weighted by atomic mass is 9.90. The van der Waals surface area contributed by atoms with Crippen molar-refractivity contribution in [2.75, 3.05) is 27.3 Å². The molecule has 0 bridgehead atoms. The molecule has 0 radical (unpaired) electrons. The van der Waals surface area contributed by atoms with Crippen LogP contribution in [0.15, 0.2) is 18.2 Å². The van der Waals surface area contributed by atoms with Gasteiger partial charge in [0.2, 0.25) is 0 Å². The first kappa shape index (κ1) is 14.2. The molecule has 1 aromatic rings. The van der Waals surface area contributed by atoms with Gasteiger partial charge < -0.3 is 15.2 Å². The number of rotatable bonds is 4. The number of piperidine rings is 1. The van der Waals surface area contributed by atoms with Crippen LogP contribution in [-0.2, 0) is 0 Å². The van der Waals surface area contributed by atoms with Crippen molar-refractivity contribution in [3.8, 4) is 11.5 Å². The second-order valence-corrected chi connectivity index (χ2v) is 5.03.